The number of aromatic hydroxyl groups is 5. The highest BCUT2D eigenvalue weighted by Crippen LogP contribution is 2.35. The molecule has 10 nitrogen and oxygen atoms in total. The molecule has 0 aromatic heterocycles. The first-order valence-electron chi connectivity index (χ1n) is 8.40. The minimum absolute atomic E-state index is 0.00154. The van der Waals surface area contributed by atoms with E-state index in [0.717, 1.165) is 18.2 Å². The fourth-order valence-electron chi connectivity index (χ4n) is 2.26. The van der Waals surface area contributed by atoms with Crippen molar-refractivity contribution in [3.05, 3.63) is 41.0 Å². The van der Waals surface area contributed by atoms with Crippen LogP contribution in [0.2, 0.25) is 0 Å². The third kappa shape index (κ3) is 5.66. The number of carbonyl (C=O) groups is 2. The van der Waals surface area contributed by atoms with Gasteiger partial charge in [-0.1, -0.05) is 0 Å². The van der Waals surface area contributed by atoms with Crippen LogP contribution in [0.15, 0.2) is 24.3 Å². The van der Waals surface area contributed by atoms with Crippen molar-refractivity contribution >= 4 is 11.9 Å². The zero-order chi connectivity index (χ0) is 21.6. The number of carbonyl (C=O) groups excluding carboxylic acids is 2. The number of phenols is 5. The zero-order valence-corrected chi connectivity index (χ0v) is 15.4. The number of phenolic OH excluding ortho intramolecular Hbond substituents is 5. The van der Waals surface area contributed by atoms with Crippen LogP contribution in [0.1, 0.15) is 26.3 Å². The van der Waals surface area contributed by atoms with E-state index in [4.69, 9.17) is 14.2 Å². The van der Waals surface area contributed by atoms with Crippen LogP contribution < -0.4 is 0 Å². The van der Waals surface area contributed by atoms with E-state index in [1.165, 1.54) is 13.0 Å². The summed E-state index contributed by atoms with van der Waals surface area (Å²) in [6, 6.07) is 4.35. The first kappa shape index (κ1) is 21.6. The molecule has 0 unspecified atom stereocenters. The Balaban J connectivity index is 1.67. The van der Waals surface area contributed by atoms with Gasteiger partial charge in [-0.25, -0.2) is 9.59 Å². The van der Waals surface area contributed by atoms with Gasteiger partial charge in [0.15, 0.2) is 28.7 Å². The number of rotatable bonds is 8. The standard InChI is InChI=1S/C19H20O10/c1-10-6-11(7-13(20)16(10)23)18(25)28-4-2-27-3-5-29-19(26)12-8-14(21)17(24)15(22)9-12/h6-9,20-24H,2-5H2,1H3. The SMILES string of the molecule is Cc1cc(C(=O)OCCOCCOC(=O)c2cc(O)c(O)c(O)c2)cc(O)c1O. The highest BCUT2D eigenvalue weighted by atomic mass is 16.6. The van der Waals surface area contributed by atoms with Crippen LogP contribution in [-0.4, -0.2) is 63.9 Å². The van der Waals surface area contributed by atoms with Crippen molar-refractivity contribution in [1.29, 1.82) is 0 Å². The summed E-state index contributed by atoms with van der Waals surface area (Å²) in [6.45, 7) is 1.32. The fraction of sp³-hybridized carbons (Fsp3) is 0.263. The predicted octanol–water partition coefficient (Wildman–Crippen LogP) is 1.55. The molecule has 0 saturated carbocycles. The summed E-state index contributed by atoms with van der Waals surface area (Å²) in [6.07, 6.45) is 0. The summed E-state index contributed by atoms with van der Waals surface area (Å²) >= 11 is 0. The molecule has 0 fully saturated rings. The zero-order valence-electron chi connectivity index (χ0n) is 15.4. The molecular weight excluding hydrogens is 388 g/mol. The van der Waals surface area contributed by atoms with Crippen LogP contribution in [0.4, 0.5) is 0 Å². The molecule has 0 bridgehead atoms. The Morgan fingerprint density at radius 1 is 0.690 bits per heavy atom. The highest BCUT2D eigenvalue weighted by Gasteiger charge is 2.15. The number of hydrogen-bond acceptors (Lipinski definition) is 10. The lowest BCUT2D eigenvalue weighted by atomic mass is 10.1. The maximum atomic E-state index is 11.9. The molecule has 0 aliphatic rings. The third-order valence-corrected chi connectivity index (χ3v) is 3.74. The second-order valence-electron chi connectivity index (χ2n) is 5.91. The Hall–Kier alpha value is -3.66. The molecule has 0 spiro atoms. The molecule has 2 aromatic rings. The molecule has 0 saturated heterocycles. The van der Waals surface area contributed by atoms with Crippen molar-refractivity contribution in [2.45, 2.75) is 6.92 Å². The minimum atomic E-state index is -0.840. The quantitative estimate of drug-likeness (QED) is 0.246. The number of esters is 2. The van der Waals surface area contributed by atoms with Gasteiger partial charge in [-0.05, 0) is 36.8 Å². The average Bonchev–Trinajstić information content (AvgIpc) is 2.68. The number of ether oxygens (including phenoxy) is 3. The van der Waals surface area contributed by atoms with Crippen molar-refractivity contribution in [1.82, 2.24) is 0 Å². The van der Waals surface area contributed by atoms with Gasteiger partial charge in [0, 0.05) is 0 Å². The summed E-state index contributed by atoms with van der Waals surface area (Å²) in [5.41, 5.74) is 0.247. The van der Waals surface area contributed by atoms with Gasteiger partial charge in [0.05, 0.1) is 24.3 Å². The van der Waals surface area contributed by atoms with Crippen molar-refractivity contribution in [3.8, 4) is 28.7 Å². The van der Waals surface area contributed by atoms with Crippen LogP contribution in [0.25, 0.3) is 0 Å². The summed E-state index contributed by atoms with van der Waals surface area (Å²) in [5, 5.41) is 46.9. The number of aryl methyl sites for hydroxylation is 1. The van der Waals surface area contributed by atoms with E-state index >= 15 is 0 Å². The summed E-state index contributed by atoms with van der Waals surface area (Å²) in [7, 11) is 0. The Kier molecular flexibility index (Phi) is 7.10. The highest BCUT2D eigenvalue weighted by molar-refractivity contribution is 5.91. The Labute approximate surface area is 165 Å². The van der Waals surface area contributed by atoms with E-state index < -0.39 is 34.9 Å². The van der Waals surface area contributed by atoms with Crippen LogP contribution >= 0.6 is 0 Å². The smallest absolute Gasteiger partial charge is 0.338 e. The molecule has 2 aromatic carbocycles. The van der Waals surface area contributed by atoms with Crippen LogP contribution in [0.3, 0.4) is 0 Å². The van der Waals surface area contributed by atoms with E-state index in [2.05, 4.69) is 0 Å². The van der Waals surface area contributed by atoms with Crippen molar-refractivity contribution < 1.29 is 49.3 Å². The second-order valence-corrected chi connectivity index (χ2v) is 5.91. The maximum absolute atomic E-state index is 11.9. The summed E-state index contributed by atoms with van der Waals surface area (Å²) in [5.74, 6) is -4.34. The van der Waals surface area contributed by atoms with Crippen molar-refractivity contribution in [2.75, 3.05) is 26.4 Å². The molecule has 0 radical (unpaired) electrons. The Morgan fingerprint density at radius 3 is 1.55 bits per heavy atom. The van der Waals surface area contributed by atoms with Gasteiger partial charge >= 0.3 is 11.9 Å². The van der Waals surface area contributed by atoms with E-state index in [0.29, 0.717) is 5.56 Å². The molecule has 0 heterocycles. The van der Waals surface area contributed by atoms with Gasteiger partial charge in [-0.3, -0.25) is 0 Å². The van der Waals surface area contributed by atoms with Crippen molar-refractivity contribution in [3.63, 3.8) is 0 Å². The Bertz CT molecular complexity index is 786. The minimum Gasteiger partial charge on any atom is -0.504 e. The van der Waals surface area contributed by atoms with Gasteiger partial charge in [-0.15, -0.1) is 0 Å². The predicted molar refractivity (Wildman–Crippen MR) is 97.3 cm³/mol. The third-order valence-electron chi connectivity index (χ3n) is 3.74. The van der Waals surface area contributed by atoms with E-state index in [9.17, 15) is 35.1 Å². The largest absolute Gasteiger partial charge is 0.504 e. The molecule has 2 rings (SSSR count). The van der Waals surface area contributed by atoms with Crippen LogP contribution in [-0.2, 0) is 14.2 Å². The maximum Gasteiger partial charge on any atom is 0.338 e. The molecular formula is C19H20O10. The van der Waals surface area contributed by atoms with Gasteiger partial charge in [0.1, 0.15) is 13.2 Å². The molecule has 0 aliphatic heterocycles. The van der Waals surface area contributed by atoms with Gasteiger partial charge in [0.25, 0.3) is 0 Å². The summed E-state index contributed by atoms with van der Waals surface area (Å²) < 4.78 is 15.0. The molecule has 10 heteroatoms. The van der Waals surface area contributed by atoms with E-state index in [-0.39, 0.29) is 43.3 Å². The topological polar surface area (TPSA) is 163 Å². The molecule has 0 amide bonds. The van der Waals surface area contributed by atoms with E-state index in [1.807, 2.05) is 0 Å². The second kappa shape index (κ2) is 9.51. The van der Waals surface area contributed by atoms with Crippen LogP contribution in [0.5, 0.6) is 28.7 Å². The van der Waals surface area contributed by atoms with E-state index in [1.54, 1.807) is 0 Å². The van der Waals surface area contributed by atoms with Crippen molar-refractivity contribution in [2.24, 2.45) is 0 Å². The lowest BCUT2D eigenvalue weighted by Gasteiger charge is -2.09. The van der Waals surface area contributed by atoms with Gasteiger partial charge in [0.2, 0.25) is 0 Å². The average molecular weight is 408 g/mol. The van der Waals surface area contributed by atoms with Gasteiger partial charge < -0.3 is 39.7 Å². The lowest BCUT2D eigenvalue weighted by Crippen LogP contribution is -2.15. The molecule has 29 heavy (non-hydrogen) atoms. The lowest BCUT2D eigenvalue weighted by molar-refractivity contribution is 0.0150. The molecule has 0 aliphatic carbocycles. The van der Waals surface area contributed by atoms with Crippen LogP contribution in [0, 0.1) is 6.92 Å². The first-order valence-corrected chi connectivity index (χ1v) is 8.40. The van der Waals surface area contributed by atoms with Gasteiger partial charge in [-0.2, -0.15) is 0 Å². The number of benzene rings is 2. The molecule has 156 valence electrons. The first-order chi connectivity index (χ1) is 13.7. The normalized spacial score (nSPS) is 10.5. The monoisotopic (exact) mass is 408 g/mol. The Morgan fingerprint density at radius 2 is 1.10 bits per heavy atom. The molecule has 5 N–H and O–H groups in total. The number of hydrogen-bond donors (Lipinski definition) is 5. The summed E-state index contributed by atoms with van der Waals surface area (Å²) in [4.78, 5) is 23.7. The molecule has 0 atom stereocenters. The fourth-order valence-corrected chi connectivity index (χ4v) is 2.26.